The van der Waals surface area contributed by atoms with Crippen molar-refractivity contribution in [1.82, 2.24) is 9.88 Å². The first-order valence-corrected chi connectivity index (χ1v) is 8.30. The highest BCUT2D eigenvalue weighted by Gasteiger charge is 2.36. The van der Waals surface area contributed by atoms with Gasteiger partial charge in [-0.05, 0) is 35.9 Å². The van der Waals surface area contributed by atoms with E-state index in [0.717, 1.165) is 22.2 Å². The number of hydrogen-bond acceptors (Lipinski definition) is 2. The summed E-state index contributed by atoms with van der Waals surface area (Å²) in [5, 5.41) is 11.2. The largest absolute Gasteiger partial charge is 0.480 e. The van der Waals surface area contributed by atoms with E-state index >= 15 is 0 Å². The molecule has 2 aromatic carbocycles. The van der Waals surface area contributed by atoms with Crippen LogP contribution in [0, 0.1) is 0 Å². The number of para-hydroxylation sites is 1. The first-order valence-electron chi connectivity index (χ1n) is 7.92. The molecule has 0 saturated heterocycles. The zero-order valence-corrected chi connectivity index (χ0v) is 14.0. The number of carbonyl (C=O) groups excluding carboxylic acids is 1. The molecule has 0 aliphatic carbocycles. The molecule has 126 valence electrons. The fraction of sp³-hybridized carbons (Fsp3) is 0.158. The molecular formula is C19H15ClN2O3. The van der Waals surface area contributed by atoms with Crippen molar-refractivity contribution in [2.24, 2.45) is 0 Å². The molecule has 1 aliphatic rings. The van der Waals surface area contributed by atoms with Crippen molar-refractivity contribution in [3.63, 3.8) is 0 Å². The lowest BCUT2D eigenvalue weighted by Gasteiger charge is -2.33. The summed E-state index contributed by atoms with van der Waals surface area (Å²) in [7, 11) is 0. The standard InChI is InChI=1S/C19H15ClN2O3/c20-12-7-5-11(6-8-12)18(23)22-10-16-14(9-17(22)19(24)25)13-3-1-2-4-15(13)21-16/h1-8,17,21H,9-10H2,(H,24,25). The van der Waals surface area contributed by atoms with E-state index in [2.05, 4.69) is 4.98 Å². The monoisotopic (exact) mass is 354 g/mol. The van der Waals surface area contributed by atoms with E-state index in [9.17, 15) is 14.7 Å². The molecule has 25 heavy (non-hydrogen) atoms. The summed E-state index contributed by atoms with van der Waals surface area (Å²) >= 11 is 5.87. The summed E-state index contributed by atoms with van der Waals surface area (Å²) in [6.45, 7) is 0.239. The predicted molar refractivity (Wildman–Crippen MR) is 94.8 cm³/mol. The van der Waals surface area contributed by atoms with Crippen LogP contribution in [0.25, 0.3) is 10.9 Å². The summed E-state index contributed by atoms with van der Waals surface area (Å²) < 4.78 is 0. The minimum Gasteiger partial charge on any atom is -0.480 e. The average molecular weight is 355 g/mol. The number of H-pyrrole nitrogens is 1. The first-order chi connectivity index (χ1) is 12.0. The molecule has 1 amide bonds. The van der Waals surface area contributed by atoms with Gasteiger partial charge in [0.05, 0.1) is 6.54 Å². The summed E-state index contributed by atoms with van der Waals surface area (Å²) in [5.41, 5.74) is 3.25. The first kappa shape index (κ1) is 15.7. The van der Waals surface area contributed by atoms with Crippen LogP contribution < -0.4 is 0 Å². The molecule has 1 unspecified atom stereocenters. The Labute approximate surface area is 148 Å². The Kier molecular flexibility index (Phi) is 3.73. The van der Waals surface area contributed by atoms with Crippen LogP contribution in [0.15, 0.2) is 48.5 Å². The SMILES string of the molecule is O=C(O)C1Cc2c([nH]c3ccccc23)CN1C(=O)c1ccc(Cl)cc1. The minimum absolute atomic E-state index is 0.239. The van der Waals surface area contributed by atoms with E-state index in [1.54, 1.807) is 24.3 Å². The number of carboxylic acid groups (broad SMARTS) is 1. The number of hydrogen-bond donors (Lipinski definition) is 2. The zero-order chi connectivity index (χ0) is 17.6. The van der Waals surface area contributed by atoms with E-state index < -0.39 is 12.0 Å². The average Bonchev–Trinajstić information content (AvgIpc) is 2.98. The highest BCUT2D eigenvalue weighted by atomic mass is 35.5. The van der Waals surface area contributed by atoms with E-state index in [1.165, 1.54) is 4.90 Å². The predicted octanol–water partition coefficient (Wildman–Crippen LogP) is 3.47. The molecule has 0 spiro atoms. The van der Waals surface area contributed by atoms with E-state index in [0.29, 0.717) is 10.6 Å². The lowest BCUT2D eigenvalue weighted by Crippen LogP contribution is -2.48. The molecule has 6 heteroatoms. The number of aromatic nitrogens is 1. The molecule has 2 heterocycles. The summed E-state index contributed by atoms with van der Waals surface area (Å²) in [4.78, 5) is 29.4. The van der Waals surface area contributed by atoms with Gasteiger partial charge < -0.3 is 15.0 Å². The molecule has 4 rings (SSSR count). The van der Waals surface area contributed by atoms with Gasteiger partial charge in [0.15, 0.2) is 0 Å². The Balaban J connectivity index is 1.75. The van der Waals surface area contributed by atoms with Crippen LogP contribution in [0.4, 0.5) is 0 Å². The number of carboxylic acids is 1. The van der Waals surface area contributed by atoms with Crippen LogP contribution in [-0.4, -0.2) is 32.9 Å². The molecule has 1 atom stereocenters. The molecule has 2 N–H and O–H groups in total. The Hall–Kier alpha value is -2.79. The van der Waals surface area contributed by atoms with Gasteiger partial charge in [-0.25, -0.2) is 4.79 Å². The van der Waals surface area contributed by atoms with Gasteiger partial charge in [0.25, 0.3) is 5.91 Å². The maximum atomic E-state index is 12.9. The maximum Gasteiger partial charge on any atom is 0.326 e. The number of halogens is 1. The van der Waals surface area contributed by atoms with Crippen molar-refractivity contribution < 1.29 is 14.7 Å². The number of nitrogens with one attached hydrogen (secondary N) is 1. The number of benzene rings is 2. The fourth-order valence-corrected chi connectivity index (χ4v) is 3.53. The van der Waals surface area contributed by atoms with Crippen LogP contribution in [0.5, 0.6) is 0 Å². The third-order valence-electron chi connectivity index (χ3n) is 4.64. The van der Waals surface area contributed by atoms with Gasteiger partial charge in [-0.15, -0.1) is 0 Å². The summed E-state index contributed by atoms with van der Waals surface area (Å²) in [6, 6.07) is 13.4. The fourth-order valence-electron chi connectivity index (χ4n) is 3.40. The maximum absolute atomic E-state index is 12.9. The lowest BCUT2D eigenvalue weighted by molar-refractivity contribution is -0.142. The van der Waals surface area contributed by atoms with Crippen molar-refractivity contribution in [1.29, 1.82) is 0 Å². The van der Waals surface area contributed by atoms with E-state index in [-0.39, 0.29) is 18.9 Å². The molecule has 0 radical (unpaired) electrons. The Morgan fingerprint density at radius 2 is 1.84 bits per heavy atom. The van der Waals surface area contributed by atoms with Gasteiger partial charge in [-0.2, -0.15) is 0 Å². The molecule has 0 fully saturated rings. The third kappa shape index (κ3) is 2.66. The number of fused-ring (bicyclic) bond motifs is 3. The van der Waals surface area contributed by atoms with Crippen LogP contribution in [0.3, 0.4) is 0 Å². The molecule has 1 aromatic heterocycles. The number of amides is 1. The smallest absolute Gasteiger partial charge is 0.326 e. The Morgan fingerprint density at radius 1 is 1.12 bits per heavy atom. The second kappa shape index (κ2) is 5.93. The van der Waals surface area contributed by atoms with Crippen molar-refractivity contribution in [2.45, 2.75) is 19.0 Å². The highest BCUT2D eigenvalue weighted by molar-refractivity contribution is 6.30. The molecule has 1 aliphatic heterocycles. The van der Waals surface area contributed by atoms with Gasteiger partial charge in [0.2, 0.25) is 0 Å². The second-order valence-electron chi connectivity index (χ2n) is 6.13. The Morgan fingerprint density at radius 3 is 2.56 bits per heavy atom. The van der Waals surface area contributed by atoms with Crippen molar-refractivity contribution in [2.75, 3.05) is 0 Å². The summed E-state index contributed by atoms with van der Waals surface area (Å²) in [6.07, 6.45) is 0.286. The molecule has 0 bridgehead atoms. The zero-order valence-electron chi connectivity index (χ0n) is 13.2. The van der Waals surface area contributed by atoms with Gasteiger partial charge >= 0.3 is 5.97 Å². The van der Waals surface area contributed by atoms with Crippen LogP contribution in [0.2, 0.25) is 5.02 Å². The molecule has 0 saturated carbocycles. The number of nitrogens with zero attached hydrogens (tertiary/aromatic N) is 1. The highest BCUT2D eigenvalue weighted by Crippen LogP contribution is 2.31. The second-order valence-corrected chi connectivity index (χ2v) is 6.56. The number of carbonyl (C=O) groups is 2. The Bertz CT molecular complexity index is 978. The van der Waals surface area contributed by atoms with E-state index in [1.807, 2.05) is 24.3 Å². The van der Waals surface area contributed by atoms with Crippen molar-refractivity contribution in [3.05, 3.63) is 70.4 Å². The van der Waals surface area contributed by atoms with Crippen molar-refractivity contribution >= 4 is 34.4 Å². The van der Waals surface area contributed by atoms with E-state index in [4.69, 9.17) is 11.6 Å². The molecule has 3 aromatic rings. The number of rotatable bonds is 2. The molecule has 5 nitrogen and oxygen atoms in total. The molecular weight excluding hydrogens is 340 g/mol. The van der Waals surface area contributed by atoms with Crippen LogP contribution in [-0.2, 0) is 17.8 Å². The minimum atomic E-state index is -1.00. The quantitative estimate of drug-likeness (QED) is 0.740. The normalized spacial score (nSPS) is 16.7. The topological polar surface area (TPSA) is 73.4 Å². The van der Waals surface area contributed by atoms with Crippen LogP contribution in [0.1, 0.15) is 21.6 Å². The van der Waals surface area contributed by atoms with Gasteiger partial charge in [0, 0.05) is 33.6 Å². The van der Waals surface area contributed by atoms with Crippen LogP contribution >= 0.6 is 11.6 Å². The number of aromatic amines is 1. The summed E-state index contributed by atoms with van der Waals surface area (Å²) in [5.74, 6) is -1.31. The van der Waals surface area contributed by atoms with Gasteiger partial charge in [0.1, 0.15) is 6.04 Å². The van der Waals surface area contributed by atoms with Crippen molar-refractivity contribution in [3.8, 4) is 0 Å². The van der Waals surface area contributed by atoms with Gasteiger partial charge in [-0.3, -0.25) is 4.79 Å². The van der Waals surface area contributed by atoms with Gasteiger partial charge in [-0.1, -0.05) is 29.8 Å². The third-order valence-corrected chi connectivity index (χ3v) is 4.89. The lowest BCUT2D eigenvalue weighted by atomic mass is 9.96. The number of aliphatic carboxylic acids is 1.